The van der Waals surface area contributed by atoms with Gasteiger partial charge < -0.3 is 10.2 Å². The maximum Gasteiger partial charge on any atom is 0.335 e. The zero-order valence-electron chi connectivity index (χ0n) is 9.70. The minimum atomic E-state index is -0.934. The molecule has 16 heavy (non-hydrogen) atoms. The van der Waals surface area contributed by atoms with Crippen LogP contribution in [0.15, 0.2) is 24.3 Å². The number of hydrogen-bond donors (Lipinski definition) is 2. The van der Waals surface area contributed by atoms with Crippen molar-refractivity contribution >= 4 is 17.6 Å². The number of hydrogen-bond acceptors (Lipinski definition) is 2. The number of benzene rings is 1. The summed E-state index contributed by atoms with van der Waals surface area (Å²) in [5.41, 5.74) is 0.351. The first kappa shape index (κ1) is 14.9. The van der Waals surface area contributed by atoms with Crippen molar-refractivity contribution in [3.63, 3.8) is 0 Å². The van der Waals surface area contributed by atoms with E-state index in [9.17, 15) is 4.79 Å². The standard InChI is InChI=1S/C7H5ClO2.C5H12O/c8-6-3-1-5(2-4-6)7(9)10;1-5(2,3)4-6/h1-4H,(H,9,10);6H,4H2,1-3H3. The number of halogens is 1. The van der Waals surface area contributed by atoms with E-state index in [1.165, 1.54) is 12.1 Å². The molecule has 3 nitrogen and oxygen atoms in total. The largest absolute Gasteiger partial charge is 0.478 e. The Morgan fingerprint density at radius 3 is 1.88 bits per heavy atom. The molecule has 0 saturated carbocycles. The van der Waals surface area contributed by atoms with Gasteiger partial charge in [-0.1, -0.05) is 32.4 Å². The van der Waals surface area contributed by atoms with Gasteiger partial charge in [-0.25, -0.2) is 4.79 Å². The molecule has 0 saturated heterocycles. The van der Waals surface area contributed by atoms with Crippen LogP contribution in [0.1, 0.15) is 31.1 Å². The Hall–Kier alpha value is -1.06. The first-order valence-electron chi connectivity index (χ1n) is 4.86. The highest BCUT2D eigenvalue weighted by Crippen LogP contribution is 2.09. The third-order valence-electron chi connectivity index (χ3n) is 1.57. The molecule has 0 aliphatic rings. The highest BCUT2D eigenvalue weighted by atomic mass is 35.5. The van der Waals surface area contributed by atoms with Crippen LogP contribution in [0, 0.1) is 5.41 Å². The van der Waals surface area contributed by atoms with Gasteiger partial charge >= 0.3 is 5.97 Å². The Labute approximate surface area is 101 Å². The summed E-state index contributed by atoms with van der Waals surface area (Å²) < 4.78 is 0. The van der Waals surface area contributed by atoms with E-state index in [2.05, 4.69) is 0 Å². The Kier molecular flexibility index (Phi) is 6.08. The summed E-state index contributed by atoms with van der Waals surface area (Å²) in [5, 5.41) is 17.4. The predicted molar refractivity (Wildman–Crippen MR) is 65.0 cm³/mol. The molecule has 0 spiro atoms. The molecule has 0 unspecified atom stereocenters. The molecule has 0 radical (unpaired) electrons. The molecule has 0 heterocycles. The topological polar surface area (TPSA) is 57.5 Å². The Morgan fingerprint density at radius 1 is 1.25 bits per heavy atom. The van der Waals surface area contributed by atoms with Crippen molar-refractivity contribution in [2.75, 3.05) is 6.61 Å². The van der Waals surface area contributed by atoms with E-state index in [-0.39, 0.29) is 17.6 Å². The van der Waals surface area contributed by atoms with Crippen LogP contribution >= 0.6 is 11.6 Å². The molecule has 1 aromatic rings. The van der Waals surface area contributed by atoms with E-state index in [1.807, 2.05) is 20.8 Å². The van der Waals surface area contributed by atoms with Crippen LogP contribution in [0.2, 0.25) is 5.02 Å². The number of carboxylic acid groups (broad SMARTS) is 1. The van der Waals surface area contributed by atoms with Crippen LogP contribution in [-0.2, 0) is 0 Å². The molecule has 0 aliphatic carbocycles. The molecular formula is C12H17ClO3. The van der Waals surface area contributed by atoms with Crippen molar-refractivity contribution in [1.82, 2.24) is 0 Å². The van der Waals surface area contributed by atoms with Crippen molar-refractivity contribution in [2.45, 2.75) is 20.8 Å². The van der Waals surface area contributed by atoms with E-state index in [0.717, 1.165) is 0 Å². The van der Waals surface area contributed by atoms with Crippen molar-refractivity contribution in [1.29, 1.82) is 0 Å². The second-order valence-corrected chi connectivity index (χ2v) is 4.97. The SMILES string of the molecule is CC(C)(C)CO.O=C(O)c1ccc(Cl)cc1. The fraction of sp³-hybridized carbons (Fsp3) is 0.417. The predicted octanol–water partition coefficient (Wildman–Crippen LogP) is 3.06. The number of aliphatic hydroxyl groups excluding tert-OH is 1. The molecule has 1 aromatic carbocycles. The lowest BCUT2D eigenvalue weighted by molar-refractivity contribution is 0.0697. The molecule has 0 amide bonds. The van der Waals surface area contributed by atoms with Gasteiger partial charge in [-0.15, -0.1) is 0 Å². The first-order valence-corrected chi connectivity index (χ1v) is 5.24. The quantitative estimate of drug-likeness (QED) is 0.798. The Morgan fingerprint density at radius 2 is 1.62 bits per heavy atom. The molecule has 90 valence electrons. The maximum absolute atomic E-state index is 10.3. The summed E-state index contributed by atoms with van der Waals surface area (Å²) in [6.45, 7) is 6.25. The second kappa shape index (κ2) is 6.51. The van der Waals surface area contributed by atoms with E-state index in [0.29, 0.717) is 5.02 Å². The maximum atomic E-state index is 10.3. The molecule has 0 fully saturated rings. The monoisotopic (exact) mass is 244 g/mol. The summed E-state index contributed by atoms with van der Waals surface area (Å²) in [6.07, 6.45) is 0. The van der Waals surface area contributed by atoms with Gasteiger partial charge in [0.25, 0.3) is 0 Å². The minimum absolute atomic E-state index is 0.0972. The summed E-state index contributed by atoms with van der Waals surface area (Å²) in [4.78, 5) is 10.3. The van der Waals surface area contributed by atoms with E-state index in [1.54, 1.807) is 12.1 Å². The second-order valence-electron chi connectivity index (χ2n) is 4.53. The average molecular weight is 245 g/mol. The third-order valence-corrected chi connectivity index (χ3v) is 1.82. The summed E-state index contributed by atoms with van der Waals surface area (Å²) >= 11 is 5.52. The van der Waals surface area contributed by atoms with Gasteiger partial charge in [0.15, 0.2) is 0 Å². The van der Waals surface area contributed by atoms with Crippen LogP contribution < -0.4 is 0 Å². The zero-order chi connectivity index (χ0) is 12.8. The van der Waals surface area contributed by atoms with E-state index in [4.69, 9.17) is 21.8 Å². The van der Waals surface area contributed by atoms with Gasteiger partial charge in [0.05, 0.1) is 5.56 Å². The number of aliphatic hydroxyl groups is 1. The molecular weight excluding hydrogens is 228 g/mol. The van der Waals surface area contributed by atoms with Crippen molar-refractivity contribution < 1.29 is 15.0 Å². The highest BCUT2D eigenvalue weighted by Gasteiger charge is 2.05. The van der Waals surface area contributed by atoms with Gasteiger partial charge in [-0.3, -0.25) is 0 Å². The zero-order valence-corrected chi connectivity index (χ0v) is 10.5. The first-order chi connectivity index (χ1) is 7.26. The minimum Gasteiger partial charge on any atom is -0.478 e. The fourth-order valence-electron chi connectivity index (χ4n) is 0.592. The Balaban J connectivity index is 0.000000325. The molecule has 0 aromatic heterocycles. The molecule has 0 atom stereocenters. The smallest absolute Gasteiger partial charge is 0.335 e. The van der Waals surface area contributed by atoms with Crippen LogP contribution in [0.25, 0.3) is 0 Å². The van der Waals surface area contributed by atoms with E-state index < -0.39 is 5.97 Å². The van der Waals surface area contributed by atoms with Gasteiger partial charge in [-0.2, -0.15) is 0 Å². The van der Waals surface area contributed by atoms with Crippen molar-refractivity contribution in [3.8, 4) is 0 Å². The normalized spacial score (nSPS) is 10.3. The summed E-state index contributed by atoms with van der Waals surface area (Å²) in [6, 6.07) is 6.02. The Bertz CT molecular complexity index is 325. The number of carbonyl (C=O) groups is 1. The van der Waals surface area contributed by atoms with E-state index >= 15 is 0 Å². The molecule has 0 aliphatic heterocycles. The van der Waals surface area contributed by atoms with Crippen LogP contribution in [-0.4, -0.2) is 22.8 Å². The molecule has 0 bridgehead atoms. The van der Waals surface area contributed by atoms with Crippen LogP contribution in [0.5, 0.6) is 0 Å². The van der Waals surface area contributed by atoms with Crippen LogP contribution in [0.4, 0.5) is 0 Å². The number of aromatic carboxylic acids is 1. The van der Waals surface area contributed by atoms with Crippen molar-refractivity contribution in [2.24, 2.45) is 5.41 Å². The lowest BCUT2D eigenvalue weighted by Gasteiger charge is -2.11. The molecule has 4 heteroatoms. The molecule has 2 N–H and O–H groups in total. The van der Waals surface area contributed by atoms with Gasteiger partial charge in [0, 0.05) is 11.6 Å². The van der Waals surface area contributed by atoms with Gasteiger partial charge in [0.1, 0.15) is 0 Å². The number of carboxylic acids is 1. The lowest BCUT2D eigenvalue weighted by atomic mass is 9.99. The number of rotatable bonds is 1. The fourth-order valence-corrected chi connectivity index (χ4v) is 0.718. The highest BCUT2D eigenvalue weighted by molar-refractivity contribution is 6.30. The summed E-state index contributed by atoms with van der Waals surface area (Å²) in [5.74, 6) is -0.934. The third kappa shape index (κ3) is 7.26. The molecule has 1 rings (SSSR count). The van der Waals surface area contributed by atoms with Crippen molar-refractivity contribution in [3.05, 3.63) is 34.9 Å². The van der Waals surface area contributed by atoms with Gasteiger partial charge in [0.2, 0.25) is 0 Å². The lowest BCUT2D eigenvalue weighted by Crippen LogP contribution is -2.09. The average Bonchev–Trinajstić information content (AvgIpc) is 2.18. The summed E-state index contributed by atoms with van der Waals surface area (Å²) in [7, 11) is 0. The van der Waals surface area contributed by atoms with Crippen LogP contribution in [0.3, 0.4) is 0 Å². The van der Waals surface area contributed by atoms with Gasteiger partial charge in [-0.05, 0) is 29.7 Å².